The van der Waals surface area contributed by atoms with Gasteiger partial charge in [-0.25, -0.2) is 5.43 Å². The number of hydrazone groups is 1. The number of hydrogen-bond acceptors (Lipinski definition) is 5. The van der Waals surface area contributed by atoms with E-state index >= 15 is 0 Å². The molecule has 2 aromatic rings. The number of phenols is 1. The van der Waals surface area contributed by atoms with Crippen LogP contribution in [0, 0.1) is 10.5 Å². The van der Waals surface area contributed by atoms with Gasteiger partial charge in [-0.2, -0.15) is 5.10 Å². The minimum absolute atomic E-state index is 0.0474. The third kappa shape index (κ3) is 5.45. The molecule has 0 aromatic heterocycles. The molecule has 0 fully saturated rings. The van der Waals surface area contributed by atoms with E-state index < -0.39 is 11.8 Å². The number of aromatic hydroxyl groups is 1. The fourth-order valence-corrected chi connectivity index (χ4v) is 2.69. The maximum atomic E-state index is 11.9. The molecule has 0 saturated heterocycles. The molecule has 0 atom stereocenters. The second-order valence-electron chi connectivity index (χ2n) is 5.31. The average molecular weight is 467 g/mol. The van der Waals surface area contributed by atoms with Crippen LogP contribution < -0.4 is 15.5 Å². The van der Waals surface area contributed by atoms with Crippen molar-refractivity contribution in [2.24, 2.45) is 5.10 Å². The Morgan fingerprint density at radius 3 is 2.73 bits per heavy atom. The Morgan fingerprint density at radius 1 is 1.27 bits per heavy atom. The molecular weight excluding hydrogens is 449 g/mol. The lowest BCUT2D eigenvalue weighted by atomic mass is 10.2. The summed E-state index contributed by atoms with van der Waals surface area (Å²) in [6.45, 7) is 4.09. The summed E-state index contributed by atoms with van der Waals surface area (Å²) in [5, 5.41) is 16.2. The Kier molecular flexibility index (Phi) is 6.96. The SMILES string of the molecule is CCOc1cc(/C=N\NC(=O)C(=O)Nc2cccc(C)c2)cc(I)c1O. The maximum absolute atomic E-state index is 11.9. The van der Waals surface area contributed by atoms with E-state index in [0.29, 0.717) is 27.2 Å². The van der Waals surface area contributed by atoms with Crippen molar-refractivity contribution >= 4 is 46.3 Å². The van der Waals surface area contributed by atoms with Crippen LogP contribution in [-0.4, -0.2) is 29.7 Å². The Balaban J connectivity index is 1.99. The first-order valence-corrected chi connectivity index (χ1v) is 8.85. The van der Waals surface area contributed by atoms with E-state index in [1.807, 2.05) is 35.6 Å². The molecule has 0 radical (unpaired) electrons. The zero-order valence-electron chi connectivity index (χ0n) is 14.2. The van der Waals surface area contributed by atoms with E-state index in [-0.39, 0.29) is 5.75 Å². The van der Waals surface area contributed by atoms with Gasteiger partial charge in [0.1, 0.15) is 0 Å². The first-order chi connectivity index (χ1) is 12.4. The normalized spacial score (nSPS) is 10.6. The van der Waals surface area contributed by atoms with Crippen LogP contribution in [0.1, 0.15) is 18.1 Å². The lowest BCUT2D eigenvalue weighted by Crippen LogP contribution is -2.32. The molecule has 0 spiro atoms. The number of phenolic OH excluding ortho intramolecular Hbond substituents is 1. The minimum atomic E-state index is -0.888. The van der Waals surface area contributed by atoms with Crippen LogP contribution in [0.4, 0.5) is 5.69 Å². The number of nitrogens with zero attached hydrogens (tertiary/aromatic N) is 1. The highest BCUT2D eigenvalue weighted by molar-refractivity contribution is 14.1. The van der Waals surface area contributed by atoms with Crippen LogP contribution in [0.15, 0.2) is 41.5 Å². The van der Waals surface area contributed by atoms with E-state index in [0.717, 1.165) is 5.56 Å². The fourth-order valence-electron chi connectivity index (χ4n) is 2.06. The molecule has 2 rings (SSSR count). The van der Waals surface area contributed by atoms with Gasteiger partial charge in [0.2, 0.25) is 0 Å². The zero-order chi connectivity index (χ0) is 19.1. The average Bonchev–Trinajstić information content (AvgIpc) is 2.59. The second kappa shape index (κ2) is 9.18. The fraction of sp³-hybridized carbons (Fsp3) is 0.167. The van der Waals surface area contributed by atoms with Crippen LogP contribution in [0.5, 0.6) is 11.5 Å². The summed E-state index contributed by atoms with van der Waals surface area (Å²) in [7, 11) is 0. The Morgan fingerprint density at radius 2 is 2.04 bits per heavy atom. The number of benzene rings is 2. The molecule has 2 aromatic carbocycles. The summed E-state index contributed by atoms with van der Waals surface area (Å²) in [5.74, 6) is -1.33. The Hall–Kier alpha value is -2.62. The first kappa shape index (κ1) is 19.7. The van der Waals surface area contributed by atoms with E-state index in [1.165, 1.54) is 6.21 Å². The standard InChI is InChI=1S/C18H18IN3O4/c1-3-26-15-9-12(8-14(19)16(15)23)10-20-22-18(25)17(24)21-13-6-4-5-11(2)7-13/h4-10,23H,3H2,1-2H3,(H,21,24)(H,22,25)/b20-10-. The Bertz CT molecular complexity index is 852. The third-order valence-electron chi connectivity index (χ3n) is 3.21. The number of amides is 2. The molecule has 0 heterocycles. The highest BCUT2D eigenvalue weighted by atomic mass is 127. The molecule has 0 bridgehead atoms. The van der Waals surface area contributed by atoms with E-state index in [4.69, 9.17) is 4.74 Å². The van der Waals surface area contributed by atoms with Crippen molar-refractivity contribution in [1.29, 1.82) is 0 Å². The molecule has 136 valence electrons. The Labute approximate surface area is 164 Å². The number of hydrogen-bond donors (Lipinski definition) is 3. The van der Waals surface area contributed by atoms with Crippen molar-refractivity contribution in [3.05, 3.63) is 51.1 Å². The summed E-state index contributed by atoms with van der Waals surface area (Å²) in [6, 6.07) is 10.4. The predicted molar refractivity (Wildman–Crippen MR) is 108 cm³/mol. The van der Waals surface area contributed by atoms with E-state index in [9.17, 15) is 14.7 Å². The van der Waals surface area contributed by atoms with Crippen molar-refractivity contribution in [3.63, 3.8) is 0 Å². The van der Waals surface area contributed by atoms with Gasteiger partial charge in [0.25, 0.3) is 0 Å². The summed E-state index contributed by atoms with van der Waals surface area (Å²) in [5.41, 5.74) is 4.27. The van der Waals surface area contributed by atoms with Crippen LogP contribution in [0.2, 0.25) is 0 Å². The largest absolute Gasteiger partial charge is 0.504 e. The zero-order valence-corrected chi connectivity index (χ0v) is 16.4. The lowest BCUT2D eigenvalue weighted by Gasteiger charge is -2.08. The number of ether oxygens (including phenoxy) is 1. The van der Waals surface area contributed by atoms with Crippen LogP contribution in [0.3, 0.4) is 0 Å². The van der Waals surface area contributed by atoms with Gasteiger partial charge < -0.3 is 15.2 Å². The summed E-state index contributed by atoms with van der Waals surface area (Å²) >= 11 is 1.96. The minimum Gasteiger partial charge on any atom is -0.504 e. The molecule has 0 unspecified atom stereocenters. The van der Waals surface area contributed by atoms with Gasteiger partial charge in [-0.3, -0.25) is 9.59 Å². The van der Waals surface area contributed by atoms with Gasteiger partial charge in [-0.15, -0.1) is 0 Å². The molecular formula is C18H18IN3O4. The van der Waals surface area contributed by atoms with Gasteiger partial charge in [-0.05, 0) is 71.8 Å². The molecule has 0 aliphatic rings. The van der Waals surface area contributed by atoms with Crippen LogP contribution >= 0.6 is 22.6 Å². The summed E-state index contributed by atoms with van der Waals surface area (Å²) in [6.07, 6.45) is 1.36. The van der Waals surface area contributed by atoms with E-state index in [1.54, 1.807) is 37.3 Å². The molecule has 3 N–H and O–H groups in total. The summed E-state index contributed by atoms with van der Waals surface area (Å²) < 4.78 is 5.91. The van der Waals surface area contributed by atoms with Crippen molar-refractivity contribution in [1.82, 2.24) is 5.43 Å². The number of carbonyl (C=O) groups excluding carboxylic acids is 2. The maximum Gasteiger partial charge on any atom is 0.329 e. The van der Waals surface area contributed by atoms with Gasteiger partial charge in [0, 0.05) is 5.69 Å². The summed E-state index contributed by atoms with van der Waals surface area (Å²) in [4.78, 5) is 23.7. The van der Waals surface area contributed by atoms with Crippen molar-refractivity contribution in [2.45, 2.75) is 13.8 Å². The van der Waals surface area contributed by atoms with Crippen molar-refractivity contribution in [2.75, 3.05) is 11.9 Å². The molecule has 0 aliphatic carbocycles. The van der Waals surface area contributed by atoms with Gasteiger partial charge in [-0.1, -0.05) is 12.1 Å². The molecule has 0 saturated carbocycles. The number of carbonyl (C=O) groups is 2. The number of anilines is 1. The van der Waals surface area contributed by atoms with Crippen LogP contribution in [0.25, 0.3) is 0 Å². The monoisotopic (exact) mass is 467 g/mol. The van der Waals surface area contributed by atoms with E-state index in [2.05, 4.69) is 15.8 Å². The van der Waals surface area contributed by atoms with Crippen LogP contribution in [-0.2, 0) is 9.59 Å². The molecule has 0 aliphatic heterocycles. The van der Waals surface area contributed by atoms with Gasteiger partial charge in [0.05, 0.1) is 16.4 Å². The smallest absolute Gasteiger partial charge is 0.329 e. The molecule has 2 amide bonds. The van der Waals surface area contributed by atoms with Gasteiger partial charge >= 0.3 is 11.8 Å². The first-order valence-electron chi connectivity index (χ1n) is 7.77. The number of halogens is 1. The number of rotatable bonds is 5. The lowest BCUT2D eigenvalue weighted by molar-refractivity contribution is -0.136. The third-order valence-corrected chi connectivity index (χ3v) is 4.03. The molecule has 7 nitrogen and oxygen atoms in total. The number of aryl methyl sites for hydroxylation is 1. The van der Waals surface area contributed by atoms with Crippen molar-refractivity contribution in [3.8, 4) is 11.5 Å². The number of nitrogens with one attached hydrogen (secondary N) is 2. The van der Waals surface area contributed by atoms with Gasteiger partial charge in [0.15, 0.2) is 11.5 Å². The second-order valence-corrected chi connectivity index (χ2v) is 6.47. The predicted octanol–water partition coefficient (Wildman–Crippen LogP) is 2.79. The molecule has 8 heteroatoms. The highest BCUT2D eigenvalue weighted by Gasteiger charge is 2.13. The van der Waals surface area contributed by atoms with Crippen molar-refractivity contribution < 1.29 is 19.4 Å². The topological polar surface area (TPSA) is 100 Å². The quantitative estimate of drug-likeness (QED) is 0.273. The highest BCUT2D eigenvalue weighted by Crippen LogP contribution is 2.32. The molecule has 26 heavy (non-hydrogen) atoms.